The molecule has 0 amide bonds. The molecule has 0 fully saturated rings. The van der Waals surface area contributed by atoms with E-state index < -0.39 is 30.7 Å². The first-order valence-electron chi connectivity index (χ1n) is 12.5. The molecule has 0 aliphatic rings. The second-order valence-electron chi connectivity index (χ2n) is 10.6. The number of aryl methyl sites for hydroxylation is 2. The number of aliphatic hydroxyl groups excluding tert-OH is 1. The summed E-state index contributed by atoms with van der Waals surface area (Å²) in [6.45, 7) is 10.9. The van der Waals surface area contributed by atoms with Gasteiger partial charge in [0.05, 0.1) is 25.3 Å². The highest BCUT2D eigenvalue weighted by Crippen LogP contribution is 2.37. The van der Waals surface area contributed by atoms with Crippen molar-refractivity contribution < 1.29 is 36.0 Å². The summed E-state index contributed by atoms with van der Waals surface area (Å²) in [6, 6.07) is 10.7. The minimum absolute atomic E-state index is 0.0120. The molecule has 0 radical (unpaired) electrons. The fourth-order valence-corrected chi connectivity index (χ4v) is 5.93. The first kappa shape index (κ1) is 30.9. The fourth-order valence-electron chi connectivity index (χ4n) is 3.83. The van der Waals surface area contributed by atoms with E-state index in [-0.39, 0.29) is 47.4 Å². The number of halogens is 3. The van der Waals surface area contributed by atoms with E-state index in [1.165, 1.54) is 12.1 Å². The monoisotopic (exact) mass is 584 g/mol. The maximum Gasteiger partial charge on any atom is 0.389 e. The van der Waals surface area contributed by atoms with Crippen molar-refractivity contribution in [1.82, 2.24) is 5.16 Å². The van der Waals surface area contributed by atoms with Gasteiger partial charge in [-0.1, -0.05) is 61.2 Å². The summed E-state index contributed by atoms with van der Waals surface area (Å²) in [5.41, 5.74) is 2.13. The van der Waals surface area contributed by atoms with E-state index in [0.29, 0.717) is 22.4 Å². The summed E-state index contributed by atoms with van der Waals surface area (Å²) in [5.74, 6) is 0.0120. The summed E-state index contributed by atoms with van der Waals surface area (Å²) >= 11 is 0. The number of sulfonamides is 1. The Morgan fingerprint density at radius 1 is 1.10 bits per heavy atom. The average molecular weight is 585 g/mol. The summed E-state index contributed by atoms with van der Waals surface area (Å²) in [7, 11) is -6.12. The number of benzene rings is 2. The van der Waals surface area contributed by atoms with Gasteiger partial charge in [-0.3, -0.25) is 0 Å². The molecule has 1 unspecified atom stereocenters. The number of rotatable bonds is 11. The van der Waals surface area contributed by atoms with Crippen LogP contribution in [0.15, 0.2) is 51.9 Å². The molecular weight excluding hydrogens is 549 g/mol. The molecule has 1 atom stereocenters. The zero-order valence-electron chi connectivity index (χ0n) is 23.0. The van der Waals surface area contributed by atoms with Crippen molar-refractivity contribution in [2.24, 2.45) is 0 Å². The van der Waals surface area contributed by atoms with Crippen molar-refractivity contribution in [2.45, 2.75) is 76.7 Å². The highest BCUT2D eigenvalue weighted by Gasteiger charge is 2.35. The summed E-state index contributed by atoms with van der Waals surface area (Å²) in [4.78, 5) is -0.118. The van der Waals surface area contributed by atoms with Crippen LogP contribution in [0.25, 0.3) is 11.1 Å². The Kier molecular flexibility index (Phi) is 9.36. The summed E-state index contributed by atoms with van der Waals surface area (Å²) < 4.78 is 80.3. The Morgan fingerprint density at radius 3 is 2.33 bits per heavy atom. The number of alkyl halides is 3. The van der Waals surface area contributed by atoms with Gasteiger partial charge in [0.15, 0.2) is 0 Å². The highest BCUT2D eigenvalue weighted by molar-refractivity contribution is 7.93. The van der Waals surface area contributed by atoms with Crippen molar-refractivity contribution in [1.29, 1.82) is 0 Å². The molecule has 0 aliphatic carbocycles. The van der Waals surface area contributed by atoms with Crippen LogP contribution in [0.2, 0.25) is 19.6 Å². The van der Waals surface area contributed by atoms with E-state index in [2.05, 4.69) is 24.8 Å². The lowest BCUT2D eigenvalue weighted by atomic mass is 9.94. The molecule has 3 rings (SSSR count). The van der Waals surface area contributed by atoms with Crippen molar-refractivity contribution in [3.05, 3.63) is 64.8 Å². The predicted octanol–water partition coefficient (Wildman–Crippen LogP) is 6.38. The zero-order chi connectivity index (χ0) is 29.2. The molecule has 0 aliphatic heterocycles. The molecule has 12 heteroatoms. The van der Waals surface area contributed by atoms with E-state index >= 15 is 0 Å². The molecule has 0 saturated carbocycles. The first-order chi connectivity index (χ1) is 18.1. The van der Waals surface area contributed by atoms with Crippen molar-refractivity contribution in [3.8, 4) is 11.1 Å². The molecule has 39 heavy (non-hydrogen) atoms. The van der Waals surface area contributed by atoms with Crippen molar-refractivity contribution in [2.75, 3.05) is 11.0 Å². The van der Waals surface area contributed by atoms with Crippen LogP contribution in [0.3, 0.4) is 0 Å². The topological polar surface area (TPSA) is 92.9 Å². The number of aromatic nitrogens is 1. The number of nitrogens with zero attached hydrogens (tertiary/aromatic N) is 2. The van der Waals surface area contributed by atoms with Gasteiger partial charge in [0.1, 0.15) is 6.73 Å². The van der Waals surface area contributed by atoms with E-state index in [9.17, 15) is 26.7 Å². The third-order valence-electron chi connectivity index (χ3n) is 6.80. The molecule has 1 aromatic heterocycles. The lowest BCUT2D eigenvalue weighted by Gasteiger charge is -2.29. The van der Waals surface area contributed by atoms with Crippen LogP contribution in [0.4, 0.5) is 19.1 Å². The van der Waals surface area contributed by atoms with Crippen LogP contribution in [0, 0.1) is 13.8 Å². The van der Waals surface area contributed by atoms with Crippen LogP contribution >= 0.6 is 0 Å². The molecule has 0 saturated heterocycles. The van der Waals surface area contributed by atoms with Crippen LogP contribution < -0.4 is 4.31 Å². The third kappa shape index (κ3) is 7.30. The van der Waals surface area contributed by atoms with Crippen LogP contribution in [0.5, 0.6) is 0 Å². The number of aliphatic hydroxyl groups is 1. The van der Waals surface area contributed by atoms with Gasteiger partial charge < -0.3 is 14.4 Å². The van der Waals surface area contributed by atoms with E-state index in [1.807, 2.05) is 6.92 Å². The zero-order valence-corrected chi connectivity index (χ0v) is 24.8. The second kappa shape index (κ2) is 11.8. The lowest BCUT2D eigenvalue weighted by Crippen LogP contribution is -2.42. The summed E-state index contributed by atoms with van der Waals surface area (Å²) in [6.07, 6.45) is -5.86. The molecule has 3 aromatic rings. The maximum absolute atomic E-state index is 14.3. The van der Waals surface area contributed by atoms with Gasteiger partial charge in [0.2, 0.25) is 5.88 Å². The molecule has 0 spiro atoms. The van der Waals surface area contributed by atoms with Crippen molar-refractivity contribution >= 4 is 24.0 Å². The predicted molar refractivity (Wildman–Crippen MR) is 147 cm³/mol. The Bertz CT molecular complexity index is 1400. The second-order valence-corrected chi connectivity index (χ2v) is 18.0. The van der Waals surface area contributed by atoms with E-state index in [0.717, 1.165) is 4.31 Å². The fraction of sp³-hybridized carbons (Fsp3) is 0.444. The van der Waals surface area contributed by atoms with Gasteiger partial charge in [-0.15, -0.1) is 0 Å². The van der Waals surface area contributed by atoms with Crippen LogP contribution in [-0.4, -0.2) is 45.4 Å². The van der Waals surface area contributed by atoms with Gasteiger partial charge in [-0.2, -0.15) is 13.2 Å². The lowest BCUT2D eigenvalue weighted by molar-refractivity contribution is -0.133. The molecule has 7 nitrogen and oxygen atoms in total. The molecule has 214 valence electrons. The SMILES string of the molecule is Cc1noc(N(COC(C)[Si](C)(C)C)S(=O)(=O)c2ccccc2-c2ccc(CO)cc2CCC(F)(F)F)c1C. The largest absolute Gasteiger partial charge is 0.392 e. The molecule has 0 bridgehead atoms. The minimum atomic E-state index is -4.40. The summed E-state index contributed by atoms with van der Waals surface area (Å²) in [5, 5.41) is 13.5. The highest BCUT2D eigenvalue weighted by atomic mass is 32.2. The number of hydrogen-bond donors (Lipinski definition) is 1. The maximum atomic E-state index is 14.3. The van der Waals surface area contributed by atoms with Crippen molar-refractivity contribution in [3.63, 3.8) is 0 Å². The Balaban J connectivity index is 2.16. The minimum Gasteiger partial charge on any atom is -0.392 e. The average Bonchev–Trinajstić information content (AvgIpc) is 3.19. The van der Waals surface area contributed by atoms with Crippen LogP contribution in [-0.2, 0) is 27.8 Å². The first-order valence-corrected chi connectivity index (χ1v) is 17.5. The molecule has 1 heterocycles. The Morgan fingerprint density at radius 2 is 1.77 bits per heavy atom. The molecular formula is C27H35F3N2O5SSi. The van der Waals surface area contributed by atoms with Gasteiger partial charge in [-0.05, 0) is 49.9 Å². The quantitative estimate of drug-likeness (QED) is 0.208. The van der Waals surface area contributed by atoms with Gasteiger partial charge in [0.25, 0.3) is 10.0 Å². The van der Waals surface area contributed by atoms with E-state index in [1.54, 1.807) is 44.2 Å². The standard InChI is InChI=1S/C27H35F3N2O5SSi/c1-18-19(2)31-37-26(18)32(17-36-20(3)39(4,5)6)38(34,35)25-10-8-7-9-24(25)23-12-11-21(16-33)15-22(23)13-14-27(28,29)30/h7-12,15,20,33H,13-14,16-17H2,1-6H3. The molecule has 2 aromatic carbocycles. The van der Waals surface area contributed by atoms with E-state index in [4.69, 9.17) is 9.26 Å². The number of anilines is 1. The number of ether oxygens (including phenoxy) is 1. The molecule has 1 N–H and O–H groups in total. The van der Waals surface area contributed by atoms with Crippen LogP contribution in [0.1, 0.15) is 35.7 Å². The van der Waals surface area contributed by atoms with Gasteiger partial charge >= 0.3 is 6.18 Å². The number of hydrogen-bond acceptors (Lipinski definition) is 6. The van der Waals surface area contributed by atoms with Gasteiger partial charge in [0, 0.05) is 23.3 Å². The third-order valence-corrected chi connectivity index (χ3v) is 11.2. The van der Waals surface area contributed by atoms with Gasteiger partial charge in [-0.25, -0.2) is 12.7 Å². The normalized spacial score (nSPS) is 13.5. The Hall–Kier alpha value is -2.67. The Labute approximate surface area is 228 Å². The smallest absolute Gasteiger partial charge is 0.389 e.